The highest BCUT2D eigenvalue weighted by molar-refractivity contribution is 6.04. The van der Waals surface area contributed by atoms with E-state index in [-0.39, 0.29) is 36.5 Å². The van der Waals surface area contributed by atoms with Crippen LogP contribution in [0.5, 0.6) is 0 Å². The summed E-state index contributed by atoms with van der Waals surface area (Å²) in [6.07, 6.45) is 5.61. The Morgan fingerprint density at radius 1 is 1.14 bits per heavy atom. The standard InChI is InChI=1S/C38H65N5O7/c1-11-15-43-21-25(2)19-38(7,47-10)34(50-35-32(44)31(41(8)9)18-26(3)49-35)27(4)33(45)37(5,6)36(46)48-23-29(43)13-12-16-42-17-14-30-28(22-42)20-39-24-40-30/h20,24-27,29,31-32,34-35,44H,11-19,21-23H2,1-10H3/t25-,26-,27+,29+,31+,32-,34-,35+,38-/m1/s1. The van der Waals surface area contributed by atoms with Gasteiger partial charge in [-0.15, -0.1) is 0 Å². The quantitative estimate of drug-likeness (QED) is 0.282. The van der Waals surface area contributed by atoms with Crippen LogP contribution in [0.3, 0.4) is 0 Å². The Kier molecular flexibility index (Phi) is 14.4. The molecule has 0 unspecified atom stereocenters. The Hall–Kier alpha value is -2.06. The SMILES string of the molecule is CCCN1C[C@H](C)C[C@@](C)(OC)[C@H](O[C@@H]2O[C@H](C)C[C@H](N(C)C)[C@H]2O)[C@@H](C)C(=O)C(C)(C)C(=O)OC[C@@H]1CCCN1CCc2ncncc2C1. The third-order valence-corrected chi connectivity index (χ3v) is 11.3. The molecule has 0 amide bonds. The minimum atomic E-state index is -1.43. The monoisotopic (exact) mass is 703 g/mol. The number of ether oxygens (including phenoxy) is 4. The van der Waals surface area contributed by atoms with Gasteiger partial charge in [0.2, 0.25) is 0 Å². The molecule has 1 aromatic heterocycles. The number of hydrogen-bond acceptors (Lipinski definition) is 12. The first-order chi connectivity index (χ1) is 23.6. The van der Waals surface area contributed by atoms with Crippen molar-refractivity contribution in [2.45, 2.75) is 136 Å². The summed E-state index contributed by atoms with van der Waals surface area (Å²) < 4.78 is 25.2. The predicted octanol–water partition coefficient (Wildman–Crippen LogP) is 3.73. The molecule has 3 aliphatic rings. The summed E-state index contributed by atoms with van der Waals surface area (Å²) in [6.45, 7) is 18.0. The maximum atomic E-state index is 14.3. The maximum absolute atomic E-state index is 14.3. The number of Topliss-reactive ketones (excluding diaryl/α,β-unsaturated/α-hetero) is 1. The van der Waals surface area contributed by atoms with E-state index in [4.69, 9.17) is 18.9 Å². The number of methoxy groups -OCH3 is 1. The fraction of sp³-hybridized carbons (Fsp3) is 0.842. The number of carbonyl (C=O) groups excluding carboxylic acids is 2. The van der Waals surface area contributed by atoms with Crippen LogP contribution in [0.15, 0.2) is 12.5 Å². The lowest BCUT2D eigenvalue weighted by atomic mass is 9.74. The summed E-state index contributed by atoms with van der Waals surface area (Å²) in [5, 5.41) is 11.4. The van der Waals surface area contributed by atoms with Gasteiger partial charge in [0.05, 0.1) is 17.8 Å². The van der Waals surface area contributed by atoms with E-state index in [0.717, 1.165) is 64.1 Å². The molecule has 4 rings (SSSR count). The number of rotatable bonds is 10. The van der Waals surface area contributed by atoms with Crippen molar-refractivity contribution >= 4 is 11.8 Å². The zero-order valence-electron chi connectivity index (χ0n) is 32.4. The van der Waals surface area contributed by atoms with Gasteiger partial charge in [0.25, 0.3) is 0 Å². The predicted molar refractivity (Wildman–Crippen MR) is 191 cm³/mol. The fourth-order valence-corrected chi connectivity index (χ4v) is 8.37. The second kappa shape index (κ2) is 17.6. The number of aliphatic hydroxyl groups is 1. The highest BCUT2D eigenvalue weighted by atomic mass is 16.7. The number of ketones is 1. The van der Waals surface area contributed by atoms with Crippen LogP contribution >= 0.6 is 0 Å². The molecule has 2 fully saturated rings. The van der Waals surface area contributed by atoms with Gasteiger partial charge in [-0.05, 0) is 92.9 Å². The molecule has 12 heteroatoms. The van der Waals surface area contributed by atoms with Crippen molar-refractivity contribution in [2.24, 2.45) is 17.3 Å². The van der Waals surface area contributed by atoms with Crippen LogP contribution in [0.1, 0.15) is 91.8 Å². The topological polar surface area (TPSA) is 127 Å². The van der Waals surface area contributed by atoms with Crippen molar-refractivity contribution < 1.29 is 33.6 Å². The molecule has 50 heavy (non-hydrogen) atoms. The molecule has 3 aliphatic heterocycles. The van der Waals surface area contributed by atoms with Gasteiger partial charge < -0.3 is 29.0 Å². The van der Waals surface area contributed by atoms with Crippen molar-refractivity contribution in [2.75, 3.05) is 54.0 Å². The molecule has 4 heterocycles. The van der Waals surface area contributed by atoms with E-state index in [9.17, 15) is 14.7 Å². The van der Waals surface area contributed by atoms with Gasteiger partial charge in [-0.1, -0.05) is 20.8 Å². The summed E-state index contributed by atoms with van der Waals surface area (Å²) in [4.78, 5) is 43.7. The van der Waals surface area contributed by atoms with Gasteiger partial charge in [-0.2, -0.15) is 0 Å². The molecule has 12 nitrogen and oxygen atoms in total. The zero-order chi connectivity index (χ0) is 36.8. The molecule has 2 saturated heterocycles. The van der Waals surface area contributed by atoms with Crippen LogP contribution in [0, 0.1) is 17.3 Å². The van der Waals surface area contributed by atoms with Gasteiger partial charge in [0.15, 0.2) is 12.1 Å². The molecule has 0 aromatic carbocycles. The van der Waals surface area contributed by atoms with E-state index in [2.05, 4.69) is 33.6 Å². The van der Waals surface area contributed by atoms with E-state index in [1.807, 2.05) is 39.0 Å². The third kappa shape index (κ3) is 9.67. The van der Waals surface area contributed by atoms with Crippen LogP contribution in [-0.4, -0.2) is 138 Å². The summed E-state index contributed by atoms with van der Waals surface area (Å²) >= 11 is 0. The molecule has 9 atom stereocenters. The molecule has 284 valence electrons. The van der Waals surface area contributed by atoms with Gasteiger partial charge in [0, 0.05) is 68.6 Å². The largest absolute Gasteiger partial charge is 0.463 e. The highest BCUT2D eigenvalue weighted by Crippen LogP contribution is 2.38. The van der Waals surface area contributed by atoms with Crippen molar-refractivity contribution in [3.63, 3.8) is 0 Å². The highest BCUT2D eigenvalue weighted by Gasteiger charge is 2.51. The normalized spacial score (nSPS) is 35.1. The molecule has 1 N–H and O–H groups in total. The van der Waals surface area contributed by atoms with Crippen molar-refractivity contribution in [3.05, 3.63) is 23.8 Å². The zero-order valence-corrected chi connectivity index (χ0v) is 32.4. The molecular formula is C38H65N5O7. The molecule has 1 aromatic rings. The first-order valence-electron chi connectivity index (χ1n) is 18.8. The van der Waals surface area contributed by atoms with Gasteiger partial charge in [-0.3, -0.25) is 19.4 Å². The van der Waals surface area contributed by atoms with Crippen LogP contribution in [-0.2, 0) is 41.5 Å². The number of cyclic esters (lactones) is 1. The van der Waals surface area contributed by atoms with E-state index >= 15 is 0 Å². The number of fused-ring (bicyclic) bond motifs is 1. The summed E-state index contributed by atoms with van der Waals surface area (Å²) in [6, 6.07) is -0.176. The molecular weight excluding hydrogens is 638 g/mol. The van der Waals surface area contributed by atoms with E-state index in [0.29, 0.717) is 12.8 Å². The lowest BCUT2D eigenvalue weighted by molar-refractivity contribution is -0.295. The van der Waals surface area contributed by atoms with E-state index in [1.54, 1.807) is 34.2 Å². The minimum absolute atomic E-state index is 0.00178. The van der Waals surface area contributed by atoms with E-state index < -0.39 is 41.4 Å². The second-order valence-electron chi connectivity index (χ2n) is 16.1. The molecule has 0 spiro atoms. The van der Waals surface area contributed by atoms with Crippen molar-refractivity contribution in [1.82, 2.24) is 24.7 Å². The van der Waals surface area contributed by atoms with E-state index in [1.165, 1.54) is 5.56 Å². The lowest BCUT2D eigenvalue weighted by Gasteiger charge is -2.47. The summed E-state index contributed by atoms with van der Waals surface area (Å²) in [5.74, 6) is -1.44. The first-order valence-corrected chi connectivity index (χ1v) is 18.8. The Labute approximate surface area is 300 Å². The van der Waals surface area contributed by atoms with Crippen LogP contribution in [0.25, 0.3) is 0 Å². The number of aliphatic hydroxyl groups excluding tert-OH is 1. The Bertz CT molecular complexity index is 1270. The molecule has 0 aliphatic carbocycles. The van der Waals surface area contributed by atoms with Crippen molar-refractivity contribution in [3.8, 4) is 0 Å². The van der Waals surface area contributed by atoms with Crippen LogP contribution < -0.4 is 0 Å². The third-order valence-electron chi connectivity index (χ3n) is 11.3. The van der Waals surface area contributed by atoms with Gasteiger partial charge in [-0.25, -0.2) is 9.97 Å². The van der Waals surface area contributed by atoms with Gasteiger partial charge in [0.1, 0.15) is 24.5 Å². The maximum Gasteiger partial charge on any atom is 0.319 e. The number of likely N-dealkylation sites (N-methyl/N-ethyl adjacent to an activating group) is 1. The number of hydrogen-bond donors (Lipinski definition) is 1. The Morgan fingerprint density at radius 2 is 1.88 bits per heavy atom. The van der Waals surface area contributed by atoms with Crippen LogP contribution in [0.4, 0.5) is 0 Å². The average Bonchev–Trinajstić information content (AvgIpc) is 3.08. The molecule has 0 radical (unpaired) electrons. The summed E-state index contributed by atoms with van der Waals surface area (Å²) in [5.41, 5.74) is -0.0259. The number of carbonyl (C=O) groups is 2. The smallest absolute Gasteiger partial charge is 0.319 e. The lowest BCUT2D eigenvalue weighted by Crippen LogP contribution is -2.59. The number of esters is 1. The minimum Gasteiger partial charge on any atom is -0.463 e. The molecule has 0 saturated carbocycles. The number of aromatic nitrogens is 2. The van der Waals surface area contributed by atoms with Gasteiger partial charge >= 0.3 is 5.97 Å². The first kappa shape index (κ1) is 40.7. The number of nitrogens with zero attached hydrogens (tertiary/aromatic N) is 5. The Morgan fingerprint density at radius 3 is 2.56 bits per heavy atom. The van der Waals surface area contributed by atoms with Crippen molar-refractivity contribution in [1.29, 1.82) is 0 Å². The molecule has 0 bridgehead atoms. The fourth-order valence-electron chi connectivity index (χ4n) is 8.37. The second-order valence-corrected chi connectivity index (χ2v) is 16.1. The summed E-state index contributed by atoms with van der Waals surface area (Å²) in [7, 11) is 5.51. The Balaban J connectivity index is 1.58. The average molecular weight is 704 g/mol. The van der Waals surface area contributed by atoms with Crippen LogP contribution in [0.2, 0.25) is 0 Å².